The molecule has 0 heterocycles. The molecular weight excluding hydrogens is 194 g/mol. The van der Waals surface area contributed by atoms with Gasteiger partial charge in [0, 0.05) is 12.5 Å². The van der Waals surface area contributed by atoms with Crippen molar-refractivity contribution in [2.24, 2.45) is 11.3 Å². The Labute approximate surface area is 90.0 Å². The molecule has 1 aliphatic carbocycles. The summed E-state index contributed by atoms with van der Waals surface area (Å²) >= 11 is 0. The van der Waals surface area contributed by atoms with Crippen LogP contribution in [0.3, 0.4) is 0 Å². The zero-order chi connectivity index (χ0) is 11.5. The van der Waals surface area contributed by atoms with Gasteiger partial charge in [0.1, 0.15) is 0 Å². The van der Waals surface area contributed by atoms with Crippen LogP contribution in [-0.4, -0.2) is 23.5 Å². The van der Waals surface area contributed by atoms with E-state index in [4.69, 9.17) is 5.11 Å². The Bertz CT molecular complexity index is 261. The average Bonchev–Trinajstić information content (AvgIpc) is 2.11. The molecule has 0 aromatic rings. The van der Waals surface area contributed by atoms with Crippen LogP contribution in [-0.2, 0) is 9.59 Å². The highest BCUT2D eigenvalue weighted by Crippen LogP contribution is 2.27. The molecule has 2 N–H and O–H groups in total. The summed E-state index contributed by atoms with van der Waals surface area (Å²) in [6, 6.07) is 0. The largest absolute Gasteiger partial charge is 0.481 e. The third-order valence-corrected chi connectivity index (χ3v) is 3.43. The summed E-state index contributed by atoms with van der Waals surface area (Å²) in [6.45, 7) is 3.72. The molecule has 1 rings (SSSR count). The molecule has 1 saturated carbocycles. The Balaban J connectivity index is 2.39. The van der Waals surface area contributed by atoms with Gasteiger partial charge in [-0.15, -0.1) is 0 Å². The van der Waals surface area contributed by atoms with Crippen LogP contribution in [0.2, 0.25) is 0 Å². The first-order valence-electron chi connectivity index (χ1n) is 5.50. The van der Waals surface area contributed by atoms with Crippen LogP contribution in [0.4, 0.5) is 0 Å². The lowest BCUT2D eigenvalue weighted by Gasteiger charge is -2.28. The second-order valence-corrected chi connectivity index (χ2v) is 4.56. The highest BCUT2D eigenvalue weighted by Gasteiger charge is 2.33. The van der Waals surface area contributed by atoms with Crippen molar-refractivity contribution >= 4 is 11.9 Å². The van der Waals surface area contributed by atoms with Crippen molar-refractivity contribution in [3.63, 3.8) is 0 Å². The fourth-order valence-corrected chi connectivity index (χ4v) is 1.45. The fraction of sp³-hybridized carbons (Fsp3) is 0.818. The number of hydrogen-bond donors (Lipinski definition) is 2. The number of hydrogen-bond acceptors (Lipinski definition) is 2. The highest BCUT2D eigenvalue weighted by molar-refractivity contribution is 5.81. The highest BCUT2D eigenvalue weighted by atomic mass is 16.4. The third-order valence-electron chi connectivity index (χ3n) is 3.43. The van der Waals surface area contributed by atoms with Crippen molar-refractivity contribution in [3.8, 4) is 0 Å². The van der Waals surface area contributed by atoms with E-state index in [-0.39, 0.29) is 18.4 Å². The standard InChI is InChI=1S/C11H19NO3/c1-3-11(2,10(14)15)7-12-9(13)8-5-4-6-8/h8H,3-7H2,1-2H3,(H,12,13)(H,14,15). The number of carbonyl (C=O) groups excluding carboxylic acids is 1. The number of nitrogens with one attached hydrogen (secondary N) is 1. The molecule has 86 valence electrons. The summed E-state index contributed by atoms with van der Waals surface area (Å²) in [7, 11) is 0. The van der Waals surface area contributed by atoms with Crippen molar-refractivity contribution in [2.45, 2.75) is 39.5 Å². The van der Waals surface area contributed by atoms with Gasteiger partial charge in [-0.05, 0) is 26.2 Å². The molecule has 0 radical (unpaired) electrons. The zero-order valence-corrected chi connectivity index (χ0v) is 9.38. The van der Waals surface area contributed by atoms with Gasteiger partial charge in [-0.2, -0.15) is 0 Å². The summed E-state index contributed by atoms with van der Waals surface area (Å²) in [6.07, 6.45) is 3.53. The summed E-state index contributed by atoms with van der Waals surface area (Å²) in [5.74, 6) is -0.707. The van der Waals surface area contributed by atoms with E-state index in [0.29, 0.717) is 6.42 Å². The summed E-state index contributed by atoms with van der Waals surface area (Å²) in [4.78, 5) is 22.5. The van der Waals surface area contributed by atoms with Gasteiger partial charge in [0.15, 0.2) is 0 Å². The SMILES string of the molecule is CCC(C)(CNC(=O)C1CCC1)C(=O)O. The molecule has 1 aliphatic rings. The first kappa shape index (κ1) is 12.0. The van der Waals surface area contributed by atoms with E-state index in [1.54, 1.807) is 6.92 Å². The Morgan fingerprint density at radius 1 is 1.47 bits per heavy atom. The Morgan fingerprint density at radius 3 is 2.40 bits per heavy atom. The van der Waals surface area contributed by atoms with Crippen molar-refractivity contribution in [2.75, 3.05) is 6.54 Å². The lowest BCUT2D eigenvalue weighted by molar-refractivity contribution is -0.148. The number of aliphatic carboxylic acids is 1. The van der Waals surface area contributed by atoms with E-state index in [1.807, 2.05) is 6.92 Å². The maximum absolute atomic E-state index is 11.5. The lowest BCUT2D eigenvalue weighted by Crippen LogP contribution is -2.43. The summed E-state index contributed by atoms with van der Waals surface area (Å²) < 4.78 is 0. The van der Waals surface area contributed by atoms with Gasteiger partial charge in [-0.3, -0.25) is 9.59 Å². The Hall–Kier alpha value is -1.06. The zero-order valence-electron chi connectivity index (χ0n) is 9.38. The van der Waals surface area contributed by atoms with Gasteiger partial charge < -0.3 is 10.4 Å². The Morgan fingerprint density at radius 2 is 2.07 bits per heavy atom. The van der Waals surface area contributed by atoms with Gasteiger partial charge in [0.2, 0.25) is 5.91 Å². The number of carboxylic acids is 1. The van der Waals surface area contributed by atoms with Crippen molar-refractivity contribution < 1.29 is 14.7 Å². The van der Waals surface area contributed by atoms with Crippen molar-refractivity contribution in [1.82, 2.24) is 5.32 Å². The van der Waals surface area contributed by atoms with E-state index >= 15 is 0 Å². The van der Waals surface area contributed by atoms with Crippen LogP contribution in [0.5, 0.6) is 0 Å². The summed E-state index contributed by atoms with van der Waals surface area (Å²) in [5, 5.41) is 11.7. The topological polar surface area (TPSA) is 66.4 Å². The predicted molar refractivity (Wildman–Crippen MR) is 56.4 cm³/mol. The molecule has 0 aliphatic heterocycles. The van der Waals surface area contributed by atoms with Crippen LogP contribution in [0.1, 0.15) is 39.5 Å². The van der Waals surface area contributed by atoms with Crippen LogP contribution in [0, 0.1) is 11.3 Å². The molecule has 0 aromatic carbocycles. The second-order valence-electron chi connectivity index (χ2n) is 4.56. The molecular formula is C11H19NO3. The first-order chi connectivity index (χ1) is 6.99. The van der Waals surface area contributed by atoms with Crippen LogP contribution < -0.4 is 5.32 Å². The van der Waals surface area contributed by atoms with Gasteiger partial charge in [0.25, 0.3) is 0 Å². The molecule has 4 heteroatoms. The number of carboxylic acid groups (broad SMARTS) is 1. The quantitative estimate of drug-likeness (QED) is 0.725. The van der Waals surface area contributed by atoms with E-state index < -0.39 is 11.4 Å². The molecule has 1 atom stereocenters. The van der Waals surface area contributed by atoms with E-state index in [1.165, 1.54) is 0 Å². The molecule has 0 spiro atoms. The molecule has 1 amide bonds. The average molecular weight is 213 g/mol. The van der Waals surface area contributed by atoms with E-state index in [2.05, 4.69) is 5.32 Å². The van der Waals surface area contributed by atoms with Gasteiger partial charge in [-0.25, -0.2) is 0 Å². The normalized spacial score (nSPS) is 20.1. The molecule has 4 nitrogen and oxygen atoms in total. The molecule has 15 heavy (non-hydrogen) atoms. The number of amides is 1. The van der Waals surface area contributed by atoms with E-state index in [0.717, 1.165) is 19.3 Å². The third kappa shape index (κ3) is 2.70. The van der Waals surface area contributed by atoms with E-state index in [9.17, 15) is 9.59 Å². The monoisotopic (exact) mass is 213 g/mol. The van der Waals surface area contributed by atoms with Crippen LogP contribution in [0.15, 0.2) is 0 Å². The minimum Gasteiger partial charge on any atom is -0.481 e. The van der Waals surface area contributed by atoms with Crippen LogP contribution >= 0.6 is 0 Å². The first-order valence-corrected chi connectivity index (χ1v) is 5.50. The molecule has 0 aromatic heterocycles. The van der Waals surface area contributed by atoms with Gasteiger partial charge in [0.05, 0.1) is 5.41 Å². The molecule has 0 saturated heterocycles. The fourth-order valence-electron chi connectivity index (χ4n) is 1.45. The number of carbonyl (C=O) groups is 2. The van der Waals surface area contributed by atoms with Gasteiger partial charge in [-0.1, -0.05) is 13.3 Å². The molecule has 0 bridgehead atoms. The molecule has 1 fully saturated rings. The number of rotatable bonds is 5. The molecule has 1 unspecified atom stereocenters. The lowest BCUT2D eigenvalue weighted by atomic mass is 9.83. The van der Waals surface area contributed by atoms with Crippen LogP contribution in [0.25, 0.3) is 0 Å². The van der Waals surface area contributed by atoms with Crippen molar-refractivity contribution in [1.29, 1.82) is 0 Å². The van der Waals surface area contributed by atoms with Gasteiger partial charge >= 0.3 is 5.97 Å². The smallest absolute Gasteiger partial charge is 0.311 e. The maximum atomic E-state index is 11.5. The Kier molecular flexibility index (Phi) is 3.72. The summed E-state index contributed by atoms with van der Waals surface area (Å²) in [5.41, 5.74) is -0.834. The van der Waals surface area contributed by atoms with Crippen molar-refractivity contribution in [3.05, 3.63) is 0 Å². The second kappa shape index (κ2) is 4.64. The minimum atomic E-state index is -0.848. The maximum Gasteiger partial charge on any atom is 0.311 e. The predicted octanol–water partition coefficient (Wildman–Crippen LogP) is 1.40. The minimum absolute atomic E-state index is 0.0159.